The highest BCUT2D eigenvalue weighted by Crippen LogP contribution is 2.22. The van der Waals surface area contributed by atoms with Crippen molar-refractivity contribution < 1.29 is 10.2 Å². The SMILES string of the molecule is CCC(O)(CC)C(O)Cc1ccccc1. The highest BCUT2D eigenvalue weighted by molar-refractivity contribution is 5.16. The molecule has 0 heterocycles. The molecule has 0 aliphatic carbocycles. The summed E-state index contributed by atoms with van der Waals surface area (Å²) in [6.07, 6.45) is 0.989. The van der Waals surface area contributed by atoms with E-state index in [0.717, 1.165) is 5.56 Å². The lowest BCUT2D eigenvalue weighted by atomic mass is 9.87. The highest BCUT2D eigenvalue weighted by atomic mass is 16.3. The molecule has 1 aromatic carbocycles. The van der Waals surface area contributed by atoms with E-state index in [1.165, 1.54) is 0 Å². The molecule has 0 radical (unpaired) electrons. The van der Waals surface area contributed by atoms with Gasteiger partial charge in [-0.25, -0.2) is 0 Å². The van der Waals surface area contributed by atoms with Gasteiger partial charge in [0.25, 0.3) is 0 Å². The van der Waals surface area contributed by atoms with Gasteiger partial charge in [0, 0.05) is 6.42 Å². The molecule has 0 aliphatic heterocycles. The molecule has 1 rings (SSSR count). The van der Waals surface area contributed by atoms with Gasteiger partial charge >= 0.3 is 0 Å². The number of hydrogen-bond donors (Lipinski definition) is 2. The average molecular weight is 208 g/mol. The van der Waals surface area contributed by atoms with Crippen molar-refractivity contribution in [2.24, 2.45) is 0 Å². The van der Waals surface area contributed by atoms with Crippen molar-refractivity contribution in [1.29, 1.82) is 0 Å². The third-order valence-electron chi connectivity index (χ3n) is 3.12. The topological polar surface area (TPSA) is 40.5 Å². The maximum Gasteiger partial charge on any atom is 0.0903 e. The minimum absolute atomic E-state index is 0.513. The lowest BCUT2D eigenvalue weighted by Crippen LogP contribution is -2.42. The van der Waals surface area contributed by atoms with Gasteiger partial charge < -0.3 is 10.2 Å². The molecule has 2 N–H and O–H groups in total. The Balaban J connectivity index is 2.66. The number of aliphatic hydroxyl groups excluding tert-OH is 1. The quantitative estimate of drug-likeness (QED) is 0.778. The molecular weight excluding hydrogens is 188 g/mol. The maximum absolute atomic E-state index is 10.1. The normalized spacial score (nSPS) is 13.9. The Morgan fingerprint density at radius 1 is 1.13 bits per heavy atom. The second kappa shape index (κ2) is 5.29. The Morgan fingerprint density at radius 2 is 1.67 bits per heavy atom. The maximum atomic E-state index is 10.1. The number of rotatable bonds is 5. The summed E-state index contributed by atoms with van der Waals surface area (Å²) < 4.78 is 0. The minimum atomic E-state index is -0.949. The Bertz CT molecular complexity index is 278. The fraction of sp³-hybridized carbons (Fsp3) is 0.538. The van der Waals surface area contributed by atoms with E-state index in [4.69, 9.17) is 0 Å². The first-order valence-electron chi connectivity index (χ1n) is 5.56. The summed E-state index contributed by atoms with van der Waals surface area (Å²) in [5, 5.41) is 20.1. The smallest absolute Gasteiger partial charge is 0.0903 e. The zero-order valence-electron chi connectivity index (χ0n) is 9.48. The predicted molar refractivity (Wildman–Crippen MR) is 61.7 cm³/mol. The molecule has 15 heavy (non-hydrogen) atoms. The third-order valence-corrected chi connectivity index (χ3v) is 3.12. The van der Waals surface area contributed by atoms with E-state index in [9.17, 15) is 10.2 Å². The largest absolute Gasteiger partial charge is 0.390 e. The second-order valence-electron chi connectivity index (χ2n) is 4.02. The van der Waals surface area contributed by atoms with Gasteiger partial charge in [0.1, 0.15) is 0 Å². The molecule has 2 heteroatoms. The zero-order valence-corrected chi connectivity index (χ0v) is 9.48. The molecular formula is C13H20O2. The monoisotopic (exact) mass is 208 g/mol. The van der Waals surface area contributed by atoms with Gasteiger partial charge in [0.15, 0.2) is 0 Å². The van der Waals surface area contributed by atoms with Gasteiger partial charge in [0.2, 0.25) is 0 Å². The first kappa shape index (κ1) is 12.2. The van der Waals surface area contributed by atoms with E-state index in [-0.39, 0.29) is 0 Å². The Hall–Kier alpha value is -0.860. The van der Waals surface area contributed by atoms with Crippen LogP contribution >= 0.6 is 0 Å². The van der Waals surface area contributed by atoms with E-state index in [0.29, 0.717) is 19.3 Å². The molecule has 0 aliphatic rings. The van der Waals surface area contributed by atoms with Crippen molar-refractivity contribution >= 4 is 0 Å². The summed E-state index contributed by atoms with van der Waals surface area (Å²) >= 11 is 0. The van der Waals surface area contributed by atoms with Gasteiger partial charge in [-0.2, -0.15) is 0 Å². The number of benzene rings is 1. The summed E-state index contributed by atoms with van der Waals surface area (Å²) in [6, 6.07) is 9.77. The fourth-order valence-electron chi connectivity index (χ4n) is 1.75. The zero-order chi connectivity index (χ0) is 11.3. The van der Waals surface area contributed by atoms with Crippen LogP contribution in [-0.4, -0.2) is 21.9 Å². The van der Waals surface area contributed by atoms with E-state index >= 15 is 0 Å². The van der Waals surface area contributed by atoms with E-state index in [1.807, 2.05) is 44.2 Å². The molecule has 0 aromatic heterocycles. The lowest BCUT2D eigenvalue weighted by Gasteiger charge is -2.31. The molecule has 1 aromatic rings. The molecule has 0 amide bonds. The summed E-state index contributed by atoms with van der Waals surface area (Å²) in [7, 11) is 0. The molecule has 2 nitrogen and oxygen atoms in total. The molecule has 0 spiro atoms. The Kier molecular flexibility index (Phi) is 4.30. The van der Waals surface area contributed by atoms with Crippen LogP contribution in [0.1, 0.15) is 32.3 Å². The van der Waals surface area contributed by atoms with Crippen molar-refractivity contribution in [3.05, 3.63) is 35.9 Å². The van der Waals surface area contributed by atoms with E-state index in [1.54, 1.807) is 0 Å². The van der Waals surface area contributed by atoms with Crippen molar-refractivity contribution in [1.82, 2.24) is 0 Å². The molecule has 0 fully saturated rings. The Morgan fingerprint density at radius 3 is 2.13 bits per heavy atom. The van der Waals surface area contributed by atoms with E-state index < -0.39 is 11.7 Å². The number of aliphatic hydroxyl groups is 2. The first-order valence-corrected chi connectivity index (χ1v) is 5.56. The van der Waals surface area contributed by atoms with Crippen molar-refractivity contribution in [2.45, 2.75) is 44.8 Å². The van der Waals surface area contributed by atoms with Gasteiger partial charge in [0.05, 0.1) is 11.7 Å². The fourth-order valence-corrected chi connectivity index (χ4v) is 1.75. The van der Waals surface area contributed by atoms with Gasteiger partial charge in [-0.05, 0) is 18.4 Å². The molecule has 84 valence electrons. The number of hydrogen-bond acceptors (Lipinski definition) is 2. The summed E-state index contributed by atoms with van der Waals surface area (Å²) in [5.41, 5.74) is 0.112. The van der Waals surface area contributed by atoms with Crippen LogP contribution in [0.15, 0.2) is 30.3 Å². The van der Waals surface area contributed by atoms with Crippen LogP contribution in [0.4, 0.5) is 0 Å². The van der Waals surface area contributed by atoms with Crippen LogP contribution in [0.25, 0.3) is 0 Å². The lowest BCUT2D eigenvalue weighted by molar-refractivity contribution is -0.0790. The van der Waals surface area contributed by atoms with Crippen LogP contribution in [-0.2, 0) is 6.42 Å². The standard InChI is InChI=1S/C13H20O2/c1-3-13(15,4-2)12(14)10-11-8-6-5-7-9-11/h5-9,12,14-15H,3-4,10H2,1-2H3. The van der Waals surface area contributed by atoms with Crippen LogP contribution in [0.3, 0.4) is 0 Å². The highest BCUT2D eigenvalue weighted by Gasteiger charge is 2.31. The Labute approximate surface area is 91.6 Å². The summed E-state index contributed by atoms with van der Waals surface area (Å²) in [6.45, 7) is 3.80. The first-order chi connectivity index (χ1) is 7.12. The molecule has 1 atom stereocenters. The van der Waals surface area contributed by atoms with E-state index in [2.05, 4.69) is 0 Å². The van der Waals surface area contributed by atoms with Crippen molar-refractivity contribution in [3.8, 4) is 0 Å². The van der Waals surface area contributed by atoms with Gasteiger partial charge in [-0.1, -0.05) is 44.2 Å². The minimum Gasteiger partial charge on any atom is -0.390 e. The van der Waals surface area contributed by atoms with Crippen molar-refractivity contribution in [2.75, 3.05) is 0 Å². The summed E-state index contributed by atoms with van der Waals surface area (Å²) in [5.74, 6) is 0. The predicted octanol–water partition coefficient (Wildman–Crippen LogP) is 2.14. The van der Waals surface area contributed by atoms with Crippen molar-refractivity contribution in [3.63, 3.8) is 0 Å². The molecule has 1 unspecified atom stereocenters. The average Bonchev–Trinajstić information content (AvgIpc) is 2.29. The molecule has 0 saturated heterocycles. The van der Waals surface area contributed by atoms with Crippen LogP contribution in [0.2, 0.25) is 0 Å². The molecule has 0 bridgehead atoms. The van der Waals surface area contributed by atoms with Gasteiger partial charge in [-0.15, -0.1) is 0 Å². The molecule has 0 saturated carbocycles. The van der Waals surface area contributed by atoms with Gasteiger partial charge in [-0.3, -0.25) is 0 Å². The van der Waals surface area contributed by atoms with Crippen LogP contribution in [0.5, 0.6) is 0 Å². The van der Waals surface area contributed by atoms with Crippen LogP contribution in [0, 0.1) is 0 Å². The second-order valence-corrected chi connectivity index (χ2v) is 4.02. The van der Waals surface area contributed by atoms with Crippen LogP contribution < -0.4 is 0 Å². The third kappa shape index (κ3) is 3.05. The summed E-state index contributed by atoms with van der Waals surface area (Å²) in [4.78, 5) is 0.